The van der Waals surface area contributed by atoms with Gasteiger partial charge in [-0.15, -0.1) is 11.3 Å². The molecule has 112 valence electrons. The maximum absolute atomic E-state index is 11.1. The summed E-state index contributed by atoms with van der Waals surface area (Å²) in [4.78, 5) is 12.7. The van der Waals surface area contributed by atoms with E-state index in [1.165, 1.54) is 11.3 Å². The van der Waals surface area contributed by atoms with E-state index in [0.29, 0.717) is 11.4 Å². The van der Waals surface area contributed by atoms with Crippen LogP contribution >= 0.6 is 11.3 Å². The normalized spacial score (nSPS) is 13.8. The summed E-state index contributed by atoms with van der Waals surface area (Å²) in [6.07, 6.45) is 0.289. The number of carbonyl (C=O) groups is 1. The van der Waals surface area contributed by atoms with E-state index in [4.69, 9.17) is 5.73 Å². The van der Waals surface area contributed by atoms with Gasteiger partial charge in [0, 0.05) is 17.5 Å². The molecular weight excluding hydrogens is 284 g/mol. The lowest BCUT2D eigenvalue weighted by Crippen LogP contribution is -2.31. The third kappa shape index (κ3) is 4.67. The number of nitrogens with one attached hydrogen (secondary N) is 1. The summed E-state index contributed by atoms with van der Waals surface area (Å²) in [7, 11) is 0. The quantitative estimate of drug-likeness (QED) is 0.733. The molecule has 0 radical (unpaired) electrons. The van der Waals surface area contributed by atoms with Crippen LogP contribution in [0.2, 0.25) is 0 Å². The molecule has 1 unspecified atom stereocenters. The second-order valence-corrected chi connectivity index (χ2v) is 6.24. The minimum Gasteiger partial charge on any atom is -0.387 e. The third-order valence-electron chi connectivity index (χ3n) is 3.26. The zero-order chi connectivity index (χ0) is 15.2. The Morgan fingerprint density at radius 2 is 2.00 bits per heavy atom. The molecule has 0 fully saturated rings. The molecule has 0 aliphatic carbocycles. The Morgan fingerprint density at radius 3 is 2.62 bits per heavy atom. The smallest absolute Gasteiger partial charge is 0.258 e. The highest BCUT2D eigenvalue weighted by molar-refractivity contribution is 7.14. The van der Waals surface area contributed by atoms with Crippen molar-refractivity contribution in [2.45, 2.75) is 25.5 Å². The van der Waals surface area contributed by atoms with Gasteiger partial charge in [0.2, 0.25) is 0 Å². The highest BCUT2D eigenvalue weighted by Gasteiger charge is 2.11. The first-order valence-corrected chi connectivity index (χ1v) is 7.73. The number of nitrogens with two attached hydrogens (primary N) is 1. The topological polar surface area (TPSA) is 75.4 Å². The molecule has 2 atom stereocenters. The van der Waals surface area contributed by atoms with Crippen molar-refractivity contribution >= 4 is 17.2 Å². The van der Waals surface area contributed by atoms with Crippen LogP contribution < -0.4 is 11.1 Å². The first kappa shape index (κ1) is 15.7. The third-order valence-corrected chi connectivity index (χ3v) is 4.38. The van der Waals surface area contributed by atoms with E-state index in [2.05, 4.69) is 12.2 Å². The fourth-order valence-electron chi connectivity index (χ4n) is 2.10. The summed E-state index contributed by atoms with van der Waals surface area (Å²) in [5.41, 5.74) is 6.15. The fourth-order valence-corrected chi connectivity index (χ4v) is 3.09. The van der Waals surface area contributed by atoms with Gasteiger partial charge in [0.25, 0.3) is 5.91 Å². The molecule has 0 saturated heterocycles. The van der Waals surface area contributed by atoms with Gasteiger partial charge in [0.05, 0.1) is 11.0 Å². The first-order chi connectivity index (χ1) is 10.1. The summed E-state index contributed by atoms with van der Waals surface area (Å²) in [6, 6.07) is 13.5. The maximum atomic E-state index is 11.1. The molecule has 2 aromatic rings. The molecule has 1 amide bonds. The van der Waals surface area contributed by atoms with Gasteiger partial charge in [-0.1, -0.05) is 30.3 Å². The van der Waals surface area contributed by atoms with Crippen molar-refractivity contribution in [3.05, 3.63) is 57.8 Å². The van der Waals surface area contributed by atoms with Crippen molar-refractivity contribution in [2.75, 3.05) is 6.54 Å². The molecule has 4 N–H and O–H groups in total. The molecule has 2 rings (SSSR count). The summed E-state index contributed by atoms with van der Waals surface area (Å²) in [5.74, 6) is -0.383. The van der Waals surface area contributed by atoms with Crippen LogP contribution in [-0.2, 0) is 6.42 Å². The van der Waals surface area contributed by atoms with Crippen molar-refractivity contribution in [3.63, 3.8) is 0 Å². The van der Waals surface area contributed by atoms with Crippen molar-refractivity contribution in [1.82, 2.24) is 5.32 Å². The first-order valence-electron chi connectivity index (χ1n) is 6.91. The van der Waals surface area contributed by atoms with E-state index in [1.54, 1.807) is 6.07 Å². The van der Waals surface area contributed by atoms with Crippen LogP contribution in [0.3, 0.4) is 0 Å². The molecule has 0 aliphatic heterocycles. The van der Waals surface area contributed by atoms with Gasteiger partial charge in [-0.05, 0) is 31.0 Å². The standard InChI is InChI=1S/C16H20N2O2S/c1-11(9-13-7-8-15(21-13)16(17)20)18-10-14(19)12-5-3-2-4-6-12/h2-8,11,14,18-19H,9-10H2,1H3,(H2,17,20)/t11?,14-/m0/s1. The molecular formula is C16H20N2O2S. The number of rotatable bonds is 7. The molecule has 5 heteroatoms. The summed E-state index contributed by atoms with van der Waals surface area (Å²) in [5, 5.41) is 13.4. The summed E-state index contributed by atoms with van der Waals surface area (Å²) in [6.45, 7) is 2.56. The number of thiophene rings is 1. The minimum absolute atomic E-state index is 0.211. The zero-order valence-electron chi connectivity index (χ0n) is 12.0. The minimum atomic E-state index is -0.516. The molecule has 1 aromatic heterocycles. The van der Waals surface area contributed by atoms with E-state index in [9.17, 15) is 9.90 Å². The Balaban J connectivity index is 1.81. The SMILES string of the molecule is CC(Cc1ccc(C(N)=O)s1)NC[C@H](O)c1ccccc1. The number of hydrogen-bond acceptors (Lipinski definition) is 4. The van der Waals surface area contributed by atoms with Gasteiger partial charge < -0.3 is 16.2 Å². The number of aliphatic hydroxyl groups is 1. The molecule has 0 bridgehead atoms. The second kappa shape index (κ2) is 7.36. The number of hydrogen-bond donors (Lipinski definition) is 3. The van der Waals surface area contributed by atoms with E-state index in [1.807, 2.05) is 36.4 Å². The van der Waals surface area contributed by atoms with Crippen LogP contribution in [0.25, 0.3) is 0 Å². The van der Waals surface area contributed by atoms with Crippen molar-refractivity contribution in [3.8, 4) is 0 Å². The van der Waals surface area contributed by atoms with Crippen LogP contribution in [-0.4, -0.2) is 23.6 Å². The number of carbonyl (C=O) groups excluding carboxylic acids is 1. The average molecular weight is 304 g/mol. The van der Waals surface area contributed by atoms with E-state index in [-0.39, 0.29) is 11.9 Å². The predicted octanol–water partition coefficient (Wildman–Crippen LogP) is 2.10. The molecule has 21 heavy (non-hydrogen) atoms. The number of aliphatic hydroxyl groups excluding tert-OH is 1. The summed E-state index contributed by atoms with van der Waals surface area (Å²) < 4.78 is 0. The van der Waals surface area contributed by atoms with Crippen molar-refractivity contribution < 1.29 is 9.90 Å². The van der Waals surface area contributed by atoms with Crippen molar-refractivity contribution in [1.29, 1.82) is 0 Å². The van der Waals surface area contributed by atoms with Crippen LogP contribution in [0.4, 0.5) is 0 Å². The second-order valence-electron chi connectivity index (χ2n) is 5.07. The Labute approximate surface area is 128 Å². The molecule has 0 spiro atoms. The molecule has 0 saturated carbocycles. The van der Waals surface area contributed by atoms with Gasteiger partial charge in [-0.3, -0.25) is 4.79 Å². The van der Waals surface area contributed by atoms with Gasteiger partial charge >= 0.3 is 0 Å². The van der Waals surface area contributed by atoms with Gasteiger partial charge in [-0.2, -0.15) is 0 Å². The Bertz CT molecular complexity index is 583. The van der Waals surface area contributed by atoms with Crippen LogP contribution in [0.15, 0.2) is 42.5 Å². The van der Waals surface area contributed by atoms with Crippen LogP contribution in [0, 0.1) is 0 Å². The van der Waals surface area contributed by atoms with Crippen LogP contribution in [0.5, 0.6) is 0 Å². The molecule has 0 aliphatic rings. The average Bonchev–Trinajstić information content (AvgIpc) is 2.94. The molecule has 4 nitrogen and oxygen atoms in total. The van der Waals surface area contributed by atoms with Gasteiger partial charge in [0.15, 0.2) is 0 Å². The lowest BCUT2D eigenvalue weighted by atomic mass is 10.1. The van der Waals surface area contributed by atoms with E-state index >= 15 is 0 Å². The van der Waals surface area contributed by atoms with E-state index < -0.39 is 6.10 Å². The highest BCUT2D eigenvalue weighted by Crippen LogP contribution is 2.18. The summed E-state index contributed by atoms with van der Waals surface area (Å²) >= 11 is 1.42. The predicted molar refractivity (Wildman–Crippen MR) is 85.4 cm³/mol. The monoisotopic (exact) mass is 304 g/mol. The number of amides is 1. The molecule has 1 heterocycles. The van der Waals surface area contributed by atoms with E-state index in [0.717, 1.165) is 16.9 Å². The highest BCUT2D eigenvalue weighted by atomic mass is 32.1. The van der Waals surface area contributed by atoms with Gasteiger partial charge in [0.1, 0.15) is 0 Å². The Kier molecular flexibility index (Phi) is 5.50. The Hall–Kier alpha value is -1.69. The Morgan fingerprint density at radius 1 is 1.29 bits per heavy atom. The largest absolute Gasteiger partial charge is 0.387 e. The fraction of sp³-hybridized carbons (Fsp3) is 0.312. The lowest BCUT2D eigenvalue weighted by molar-refractivity contribution is 0.100. The zero-order valence-corrected chi connectivity index (χ0v) is 12.8. The van der Waals surface area contributed by atoms with Gasteiger partial charge in [-0.25, -0.2) is 0 Å². The number of benzene rings is 1. The van der Waals surface area contributed by atoms with Crippen molar-refractivity contribution in [2.24, 2.45) is 5.73 Å². The maximum Gasteiger partial charge on any atom is 0.258 e. The lowest BCUT2D eigenvalue weighted by Gasteiger charge is -2.17. The number of primary amides is 1. The molecule has 1 aromatic carbocycles. The van der Waals surface area contributed by atoms with Crippen LogP contribution in [0.1, 0.15) is 33.1 Å².